The van der Waals surface area contributed by atoms with Crippen LogP contribution in [0, 0.1) is 0 Å². The SMILES string of the molecule is CC(C)N(CC(=O)N(C)CC(=O)NC(C)(C)C)Cc1nc2ccccc2c(=O)[nH]1. The van der Waals surface area contributed by atoms with E-state index in [-0.39, 0.29) is 42.0 Å². The lowest BCUT2D eigenvalue weighted by atomic mass is 10.1. The predicted molar refractivity (Wildman–Crippen MR) is 113 cm³/mol. The first kappa shape index (κ1) is 22.5. The molecule has 1 aromatic carbocycles. The second-order valence-electron chi connectivity index (χ2n) is 8.58. The van der Waals surface area contributed by atoms with Crippen LogP contribution < -0.4 is 10.9 Å². The van der Waals surface area contributed by atoms with Crippen molar-refractivity contribution in [3.8, 4) is 0 Å². The Morgan fingerprint density at radius 2 is 1.83 bits per heavy atom. The van der Waals surface area contributed by atoms with Crippen molar-refractivity contribution in [3.63, 3.8) is 0 Å². The Morgan fingerprint density at radius 1 is 1.17 bits per heavy atom. The zero-order valence-electron chi connectivity index (χ0n) is 18.1. The molecule has 8 heteroatoms. The first-order valence-corrected chi connectivity index (χ1v) is 9.73. The first-order valence-electron chi connectivity index (χ1n) is 9.73. The van der Waals surface area contributed by atoms with Crippen LogP contribution in [0.2, 0.25) is 0 Å². The summed E-state index contributed by atoms with van der Waals surface area (Å²) < 4.78 is 0. The summed E-state index contributed by atoms with van der Waals surface area (Å²) in [6.07, 6.45) is 0. The summed E-state index contributed by atoms with van der Waals surface area (Å²) in [5.74, 6) is 0.124. The lowest BCUT2D eigenvalue weighted by molar-refractivity contribution is -0.136. The minimum atomic E-state index is -0.349. The summed E-state index contributed by atoms with van der Waals surface area (Å²) >= 11 is 0. The Bertz CT molecular complexity index is 930. The molecule has 1 heterocycles. The molecular weight excluding hydrogens is 370 g/mol. The maximum atomic E-state index is 12.6. The van der Waals surface area contributed by atoms with E-state index in [0.29, 0.717) is 23.3 Å². The molecule has 2 aromatic rings. The highest BCUT2D eigenvalue weighted by Crippen LogP contribution is 2.09. The van der Waals surface area contributed by atoms with Crippen LogP contribution in [0.25, 0.3) is 10.9 Å². The third kappa shape index (κ3) is 6.67. The number of hydrogen-bond acceptors (Lipinski definition) is 5. The van der Waals surface area contributed by atoms with Gasteiger partial charge in [0.1, 0.15) is 5.82 Å². The van der Waals surface area contributed by atoms with Gasteiger partial charge in [-0.2, -0.15) is 0 Å². The fraction of sp³-hybridized carbons (Fsp3) is 0.524. The van der Waals surface area contributed by atoms with Gasteiger partial charge in [-0.15, -0.1) is 0 Å². The normalized spacial score (nSPS) is 11.9. The van der Waals surface area contributed by atoms with Crippen molar-refractivity contribution >= 4 is 22.7 Å². The van der Waals surface area contributed by atoms with Gasteiger partial charge in [-0.05, 0) is 46.8 Å². The molecule has 158 valence electrons. The van der Waals surface area contributed by atoms with E-state index in [1.165, 1.54) is 4.90 Å². The van der Waals surface area contributed by atoms with E-state index >= 15 is 0 Å². The summed E-state index contributed by atoms with van der Waals surface area (Å²) in [4.78, 5) is 47.6. The number of H-pyrrole nitrogens is 1. The molecule has 0 saturated carbocycles. The number of carbonyl (C=O) groups is 2. The van der Waals surface area contributed by atoms with Crippen LogP contribution in [-0.2, 0) is 16.1 Å². The Morgan fingerprint density at radius 3 is 2.45 bits per heavy atom. The van der Waals surface area contributed by atoms with Crippen LogP contribution >= 0.6 is 0 Å². The molecule has 0 aliphatic carbocycles. The quantitative estimate of drug-likeness (QED) is 0.733. The fourth-order valence-electron chi connectivity index (χ4n) is 2.88. The van der Waals surface area contributed by atoms with Crippen molar-refractivity contribution in [2.75, 3.05) is 20.1 Å². The van der Waals surface area contributed by atoms with Crippen molar-refractivity contribution in [2.24, 2.45) is 0 Å². The standard InChI is InChI=1S/C21H31N5O3/c1-14(2)26(13-19(28)25(6)12-18(27)24-21(3,4)5)11-17-22-16-10-8-7-9-15(16)20(29)23-17/h7-10,14H,11-13H2,1-6H3,(H,24,27)(H,22,23,29). The minimum Gasteiger partial charge on any atom is -0.350 e. The number of carbonyl (C=O) groups excluding carboxylic acids is 2. The molecule has 8 nitrogen and oxygen atoms in total. The topological polar surface area (TPSA) is 98.4 Å². The molecule has 0 radical (unpaired) electrons. The molecule has 0 aliphatic rings. The number of amides is 2. The summed E-state index contributed by atoms with van der Waals surface area (Å²) in [6, 6.07) is 7.20. The van der Waals surface area contributed by atoms with Gasteiger partial charge >= 0.3 is 0 Å². The number of nitrogens with zero attached hydrogens (tertiary/aromatic N) is 3. The van der Waals surface area contributed by atoms with Crippen molar-refractivity contribution in [2.45, 2.75) is 52.7 Å². The number of fused-ring (bicyclic) bond motifs is 1. The van der Waals surface area contributed by atoms with Crippen molar-refractivity contribution in [3.05, 3.63) is 40.4 Å². The number of likely N-dealkylation sites (N-methyl/N-ethyl adjacent to an activating group) is 1. The van der Waals surface area contributed by atoms with Gasteiger partial charge < -0.3 is 15.2 Å². The molecule has 2 N–H and O–H groups in total. The number of para-hydroxylation sites is 1. The Balaban J connectivity index is 2.07. The summed E-state index contributed by atoms with van der Waals surface area (Å²) in [7, 11) is 1.61. The van der Waals surface area contributed by atoms with Crippen molar-refractivity contribution in [1.82, 2.24) is 25.1 Å². The molecule has 0 atom stereocenters. The molecule has 0 bridgehead atoms. The number of rotatable bonds is 7. The van der Waals surface area contributed by atoms with Gasteiger partial charge in [0.15, 0.2) is 0 Å². The predicted octanol–water partition coefficient (Wildman–Crippen LogP) is 1.51. The van der Waals surface area contributed by atoms with Gasteiger partial charge in [0.05, 0.1) is 30.5 Å². The van der Waals surface area contributed by atoms with Crippen LogP contribution in [0.15, 0.2) is 29.1 Å². The number of aromatic amines is 1. The molecule has 0 aliphatic heterocycles. The molecule has 29 heavy (non-hydrogen) atoms. The van der Waals surface area contributed by atoms with Crippen LogP contribution in [0.1, 0.15) is 40.4 Å². The zero-order valence-corrected chi connectivity index (χ0v) is 18.1. The number of aromatic nitrogens is 2. The number of nitrogens with one attached hydrogen (secondary N) is 2. The monoisotopic (exact) mass is 401 g/mol. The van der Waals surface area contributed by atoms with E-state index in [0.717, 1.165) is 0 Å². The Hall–Kier alpha value is -2.74. The lowest BCUT2D eigenvalue weighted by Crippen LogP contribution is -2.48. The van der Waals surface area contributed by atoms with Crippen molar-refractivity contribution in [1.29, 1.82) is 0 Å². The second kappa shape index (κ2) is 9.17. The molecule has 2 rings (SSSR count). The van der Waals surface area contributed by atoms with Gasteiger partial charge in [0.2, 0.25) is 11.8 Å². The van der Waals surface area contributed by atoms with Crippen LogP contribution in [-0.4, -0.2) is 63.3 Å². The molecule has 0 fully saturated rings. The highest BCUT2D eigenvalue weighted by Gasteiger charge is 2.21. The molecule has 1 aromatic heterocycles. The van der Waals surface area contributed by atoms with Gasteiger partial charge in [-0.25, -0.2) is 4.98 Å². The molecule has 2 amide bonds. The second-order valence-corrected chi connectivity index (χ2v) is 8.58. The van der Waals surface area contributed by atoms with E-state index in [2.05, 4.69) is 15.3 Å². The smallest absolute Gasteiger partial charge is 0.258 e. The van der Waals surface area contributed by atoms with Gasteiger partial charge in [-0.3, -0.25) is 19.3 Å². The van der Waals surface area contributed by atoms with Gasteiger partial charge in [-0.1, -0.05) is 12.1 Å². The van der Waals surface area contributed by atoms with E-state index < -0.39 is 0 Å². The third-order valence-electron chi connectivity index (χ3n) is 4.40. The van der Waals surface area contributed by atoms with Crippen LogP contribution in [0.3, 0.4) is 0 Å². The minimum absolute atomic E-state index is 0.00685. The Labute approximate surface area is 171 Å². The highest BCUT2D eigenvalue weighted by molar-refractivity contribution is 5.85. The zero-order chi connectivity index (χ0) is 21.8. The van der Waals surface area contributed by atoms with Crippen LogP contribution in [0.5, 0.6) is 0 Å². The lowest BCUT2D eigenvalue weighted by Gasteiger charge is -2.28. The average molecular weight is 402 g/mol. The molecule has 0 spiro atoms. The van der Waals surface area contributed by atoms with Crippen LogP contribution in [0.4, 0.5) is 0 Å². The summed E-state index contributed by atoms with van der Waals surface area (Å²) in [5, 5.41) is 3.38. The van der Waals surface area contributed by atoms with E-state index in [1.807, 2.05) is 45.6 Å². The maximum absolute atomic E-state index is 12.6. The first-order chi connectivity index (χ1) is 13.5. The summed E-state index contributed by atoms with van der Waals surface area (Å²) in [6.45, 7) is 10.1. The molecule has 0 saturated heterocycles. The van der Waals surface area contributed by atoms with Crippen molar-refractivity contribution < 1.29 is 9.59 Å². The van der Waals surface area contributed by atoms with E-state index in [4.69, 9.17) is 0 Å². The summed E-state index contributed by atoms with van der Waals surface area (Å²) in [5.41, 5.74) is 0.0762. The van der Waals surface area contributed by atoms with Gasteiger partial charge in [0, 0.05) is 18.6 Å². The number of hydrogen-bond donors (Lipinski definition) is 2. The van der Waals surface area contributed by atoms with E-state index in [9.17, 15) is 14.4 Å². The molecule has 0 unspecified atom stereocenters. The number of benzene rings is 1. The highest BCUT2D eigenvalue weighted by atomic mass is 16.2. The largest absolute Gasteiger partial charge is 0.350 e. The molecular formula is C21H31N5O3. The van der Waals surface area contributed by atoms with E-state index in [1.54, 1.807) is 25.2 Å². The fourth-order valence-corrected chi connectivity index (χ4v) is 2.88. The average Bonchev–Trinajstić information content (AvgIpc) is 2.59. The van der Waals surface area contributed by atoms with Gasteiger partial charge in [0.25, 0.3) is 5.56 Å². The third-order valence-corrected chi connectivity index (χ3v) is 4.40. The Kier molecular flexibility index (Phi) is 7.13. The maximum Gasteiger partial charge on any atom is 0.258 e.